The fraction of sp³-hybridized carbons (Fsp3) is 0.550. The summed E-state index contributed by atoms with van der Waals surface area (Å²) in [6.45, 7) is 8.54. The standard InChI is InChI=1S/C20H27NO2/c1-6-16-10-7-8-11-17(16)12-13-18(22)23-21-19(2,3)14-9-15-20(21,4)5/h1,7-8,10-11H,9,12-15H2,2-5H3. The van der Waals surface area contributed by atoms with Crippen molar-refractivity contribution in [2.45, 2.75) is 70.9 Å². The molecule has 1 aromatic rings. The van der Waals surface area contributed by atoms with Crippen LogP contribution in [0.2, 0.25) is 0 Å². The highest BCUT2D eigenvalue weighted by Crippen LogP contribution is 2.38. The molecule has 3 heteroatoms. The summed E-state index contributed by atoms with van der Waals surface area (Å²) in [6.07, 6.45) is 9.66. The van der Waals surface area contributed by atoms with Crippen molar-refractivity contribution in [3.05, 3.63) is 35.4 Å². The maximum atomic E-state index is 12.3. The molecule has 1 aliphatic rings. The Morgan fingerprint density at radius 1 is 1.22 bits per heavy atom. The summed E-state index contributed by atoms with van der Waals surface area (Å²) in [5, 5.41) is 1.90. The molecule has 0 aromatic heterocycles. The summed E-state index contributed by atoms with van der Waals surface area (Å²) >= 11 is 0. The number of hydrogen-bond acceptors (Lipinski definition) is 3. The first kappa shape index (κ1) is 17.6. The van der Waals surface area contributed by atoms with Crippen LogP contribution in [0.3, 0.4) is 0 Å². The summed E-state index contributed by atoms with van der Waals surface area (Å²) in [5.74, 6) is 2.47. The molecular weight excluding hydrogens is 286 g/mol. The molecule has 0 N–H and O–H groups in total. The van der Waals surface area contributed by atoms with E-state index in [9.17, 15) is 4.79 Å². The maximum absolute atomic E-state index is 12.3. The van der Waals surface area contributed by atoms with Crippen molar-refractivity contribution in [2.24, 2.45) is 0 Å². The maximum Gasteiger partial charge on any atom is 0.325 e. The van der Waals surface area contributed by atoms with Crippen LogP contribution in [-0.2, 0) is 16.1 Å². The summed E-state index contributed by atoms with van der Waals surface area (Å²) < 4.78 is 0. The number of rotatable bonds is 4. The van der Waals surface area contributed by atoms with Crippen molar-refractivity contribution in [2.75, 3.05) is 0 Å². The first-order valence-electron chi connectivity index (χ1n) is 8.32. The lowest BCUT2D eigenvalue weighted by Gasteiger charge is -2.50. The fourth-order valence-electron chi connectivity index (χ4n) is 3.49. The highest BCUT2D eigenvalue weighted by molar-refractivity contribution is 5.69. The van der Waals surface area contributed by atoms with E-state index in [-0.39, 0.29) is 17.0 Å². The van der Waals surface area contributed by atoms with Crippen LogP contribution in [0.1, 0.15) is 64.5 Å². The number of benzene rings is 1. The molecule has 1 heterocycles. The van der Waals surface area contributed by atoms with Crippen LogP contribution < -0.4 is 0 Å². The second-order valence-electron chi connectivity index (χ2n) is 7.54. The third-order valence-electron chi connectivity index (χ3n) is 4.64. The smallest absolute Gasteiger partial charge is 0.325 e. The van der Waals surface area contributed by atoms with Crippen LogP contribution in [-0.4, -0.2) is 22.1 Å². The molecule has 0 spiro atoms. The minimum Gasteiger partial charge on any atom is -0.367 e. The molecular formula is C20H27NO2. The zero-order valence-electron chi connectivity index (χ0n) is 14.7. The van der Waals surface area contributed by atoms with Gasteiger partial charge in [-0.25, -0.2) is 0 Å². The number of terminal acetylenes is 1. The lowest BCUT2D eigenvalue weighted by atomic mass is 9.82. The van der Waals surface area contributed by atoms with Crippen molar-refractivity contribution >= 4 is 5.97 Å². The lowest BCUT2D eigenvalue weighted by Crippen LogP contribution is -2.58. The minimum absolute atomic E-state index is 0.131. The van der Waals surface area contributed by atoms with Gasteiger partial charge in [-0.05, 0) is 65.0 Å². The number of hydroxylamine groups is 2. The molecule has 124 valence electrons. The molecule has 0 saturated carbocycles. The van der Waals surface area contributed by atoms with E-state index >= 15 is 0 Å². The molecule has 1 saturated heterocycles. The van der Waals surface area contributed by atoms with Gasteiger partial charge < -0.3 is 4.84 Å². The van der Waals surface area contributed by atoms with Gasteiger partial charge in [0.05, 0.1) is 17.5 Å². The van der Waals surface area contributed by atoms with Gasteiger partial charge in [-0.2, -0.15) is 0 Å². The van der Waals surface area contributed by atoms with Crippen molar-refractivity contribution < 1.29 is 9.63 Å². The fourth-order valence-corrected chi connectivity index (χ4v) is 3.49. The zero-order valence-corrected chi connectivity index (χ0v) is 14.7. The van der Waals surface area contributed by atoms with E-state index in [1.54, 1.807) is 0 Å². The number of aryl methyl sites for hydroxylation is 1. The molecule has 0 bridgehead atoms. The van der Waals surface area contributed by atoms with E-state index in [1.165, 1.54) is 0 Å². The Bertz CT molecular complexity index is 594. The molecule has 1 aliphatic heterocycles. The van der Waals surface area contributed by atoms with Crippen LogP contribution in [0.4, 0.5) is 0 Å². The number of nitrogens with zero attached hydrogens (tertiary/aromatic N) is 1. The van der Waals surface area contributed by atoms with Gasteiger partial charge in [0.15, 0.2) is 0 Å². The quantitative estimate of drug-likeness (QED) is 0.784. The minimum atomic E-state index is -0.195. The SMILES string of the molecule is C#Cc1ccccc1CCC(=O)ON1C(C)(C)CCCC1(C)C. The Morgan fingerprint density at radius 3 is 2.43 bits per heavy atom. The predicted molar refractivity (Wildman–Crippen MR) is 92.6 cm³/mol. The molecule has 0 amide bonds. The van der Waals surface area contributed by atoms with Gasteiger partial charge in [0, 0.05) is 5.56 Å². The van der Waals surface area contributed by atoms with Crippen molar-refractivity contribution in [1.29, 1.82) is 0 Å². The monoisotopic (exact) mass is 313 g/mol. The zero-order chi connectivity index (χ0) is 17.1. The van der Waals surface area contributed by atoms with Gasteiger partial charge in [0.25, 0.3) is 0 Å². The molecule has 0 unspecified atom stereocenters. The van der Waals surface area contributed by atoms with E-state index in [2.05, 4.69) is 33.6 Å². The molecule has 1 fully saturated rings. The lowest BCUT2D eigenvalue weighted by molar-refractivity contribution is -0.265. The van der Waals surface area contributed by atoms with E-state index in [0.29, 0.717) is 12.8 Å². The first-order valence-corrected chi connectivity index (χ1v) is 8.32. The molecule has 23 heavy (non-hydrogen) atoms. The van der Waals surface area contributed by atoms with Crippen LogP contribution in [0.25, 0.3) is 0 Å². The van der Waals surface area contributed by atoms with Crippen LogP contribution in [0, 0.1) is 12.3 Å². The summed E-state index contributed by atoms with van der Waals surface area (Å²) in [7, 11) is 0. The number of carbonyl (C=O) groups is 1. The van der Waals surface area contributed by atoms with Crippen LogP contribution in [0.5, 0.6) is 0 Å². The second kappa shape index (κ2) is 6.76. The molecule has 3 nitrogen and oxygen atoms in total. The number of hydrogen-bond donors (Lipinski definition) is 0. The van der Waals surface area contributed by atoms with Crippen molar-refractivity contribution in [1.82, 2.24) is 5.06 Å². The number of carbonyl (C=O) groups excluding carboxylic acids is 1. The second-order valence-corrected chi connectivity index (χ2v) is 7.54. The summed E-state index contributed by atoms with van der Waals surface area (Å²) in [4.78, 5) is 18.1. The van der Waals surface area contributed by atoms with Crippen LogP contribution in [0.15, 0.2) is 24.3 Å². The summed E-state index contributed by atoms with van der Waals surface area (Å²) in [5.41, 5.74) is 1.60. The highest BCUT2D eigenvalue weighted by Gasteiger charge is 2.44. The van der Waals surface area contributed by atoms with E-state index < -0.39 is 0 Å². The largest absolute Gasteiger partial charge is 0.367 e. The van der Waals surface area contributed by atoms with E-state index in [1.807, 2.05) is 29.3 Å². The Morgan fingerprint density at radius 2 is 1.83 bits per heavy atom. The molecule has 0 aliphatic carbocycles. The Balaban J connectivity index is 2.00. The van der Waals surface area contributed by atoms with Gasteiger partial charge in [-0.1, -0.05) is 24.1 Å². The highest BCUT2D eigenvalue weighted by atomic mass is 16.7. The van der Waals surface area contributed by atoms with Gasteiger partial charge in [0.1, 0.15) is 0 Å². The predicted octanol–water partition coefficient (Wildman–Crippen LogP) is 4.10. The van der Waals surface area contributed by atoms with Crippen LogP contribution >= 0.6 is 0 Å². The first-order chi connectivity index (χ1) is 10.8. The molecule has 1 aromatic carbocycles. The van der Waals surface area contributed by atoms with Gasteiger partial charge in [-0.3, -0.25) is 4.79 Å². The van der Waals surface area contributed by atoms with Gasteiger partial charge >= 0.3 is 5.97 Å². The van der Waals surface area contributed by atoms with Crippen molar-refractivity contribution in [3.63, 3.8) is 0 Å². The average molecular weight is 313 g/mol. The Kier molecular flexibility index (Phi) is 5.16. The number of piperidine rings is 1. The third-order valence-corrected chi connectivity index (χ3v) is 4.64. The Hall–Kier alpha value is -1.79. The summed E-state index contributed by atoms with van der Waals surface area (Å²) in [6, 6.07) is 7.73. The van der Waals surface area contributed by atoms with E-state index in [4.69, 9.17) is 11.3 Å². The van der Waals surface area contributed by atoms with Crippen molar-refractivity contribution in [3.8, 4) is 12.3 Å². The molecule has 2 rings (SSSR count). The molecule has 0 radical (unpaired) electrons. The normalized spacial score (nSPS) is 19.8. The van der Waals surface area contributed by atoms with E-state index in [0.717, 1.165) is 30.4 Å². The van der Waals surface area contributed by atoms with Gasteiger partial charge in [0.2, 0.25) is 0 Å². The topological polar surface area (TPSA) is 29.5 Å². The Labute approximate surface area is 140 Å². The average Bonchev–Trinajstić information content (AvgIpc) is 2.49. The third kappa shape index (κ3) is 4.14. The molecule has 0 atom stereocenters. The van der Waals surface area contributed by atoms with Gasteiger partial charge in [-0.15, -0.1) is 11.5 Å².